The molecule has 1 saturated heterocycles. The van der Waals surface area contributed by atoms with Crippen LogP contribution in [-0.4, -0.2) is 35.5 Å². The van der Waals surface area contributed by atoms with Gasteiger partial charge in [-0.2, -0.15) is 0 Å². The summed E-state index contributed by atoms with van der Waals surface area (Å²) in [5, 5.41) is 3.43. The molecule has 0 bridgehead atoms. The largest absolute Gasteiger partial charge is 0.382 e. The summed E-state index contributed by atoms with van der Waals surface area (Å²) in [6, 6.07) is 6.36. The molecule has 0 atom stereocenters. The first-order chi connectivity index (χ1) is 9.44. The quantitative estimate of drug-likeness (QED) is 0.918. The molecule has 1 N–H and O–H groups in total. The number of benzene rings is 1. The summed E-state index contributed by atoms with van der Waals surface area (Å²) in [6.07, 6.45) is 1.36. The molecule has 0 radical (unpaired) electrons. The number of nitrogens with one attached hydrogen (secondary N) is 1. The average Bonchev–Trinajstić information content (AvgIpc) is 2.67. The zero-order valence-corrected chi connectivity index (χ0v) is 12.6. The van der Waals surface area contributed by atoms with Crippen molar-refractivity contribution in [2.45, 2.75) is 25.8 Å². The number of sulfone groups is 1. The fourth-order valence-corrected chi connectivity index (χ4v) is 4.17. The molecular weight excluding hydrogens is 274 g/mol. The van der Waals surface area contributed by atoms with E-state index in [1.165, 1.54) is 0 Å². The Morgan fingerprint density at radius 2 is 2.00 bits per heavy atom. The second-order valence-electron chi connectivity index (χ2n) is 5.49. The number of aryl methyl sites for hydroxylation is 2. The third kappa shape index (κ3) is 2.52. The topological polar surface area (TPSA) is 64.0 Å². The number of fused-ring (bicyclic) bond motifs is 1. The SMILES string of the molecule is Cc1nc2cc(NC3CCS(=O)(=O)CC3)ccc2n1C. The third-order valence-corrected chi connectivity index (χ3v) is 5.75. The predicted octanol–water partition coefficient (Wildman–Crippen LogP) is 1.87. The second kappa shape index (κ2) is 4.77. The monoisotopic (exact) mass is 293 g/mol. The number of nitrogens with zero attached hydrogens (tertiary/aromatic N) is 2. The van der Waals surface area contributed by atoms with E-state index in [-0.39, 0.29) is 17.5 Å². The standard InChI is InChI=1S/C14H19N3O2S/c1-10-15-13-9-12(3-4-14(13)17(10)2)16-11-5-7-20(18,19)8-6-11/h3-4,9,11,16H,5-8H2,1-2H3. The smallest absolute Gasteiger partial charge is 0.150 e. The average molecular weight is 293 g/mol. The highest BCUT2D eigenvalue weighted by atomic mass is 32.2. The maximum Gasteiger partial charge on any atom is 0.150 e. The minimum Gasteiger partial charge on any atom is -0.382 e. The molecule has 108 valence electrons. The van der Waals surface area contributed by atoms with Gasteiger partial charge in [0, 0.05) is 18.8 Å². The highest BCUT2D eigenvalue weighted by Gasteiger charge is 2.23. The molecule has 5 nitrogen and oxygen atoms in total. The number of aromatic nitrogens is 2. The number of anilines is 1. The van der Waals surface area contributed by atoms with E-state index in [1.807, 2.05) is 26.1 Å². The Morgan fingerprint density at radius 1 is 1.30 bits per heavy atom. The molecule has 2 heterocycles. The third-order valence-electron chi connectivity index (χ3n) is 4.03. The predicted molar refractivity (Wildman–Crippen MR) is 80.7 cm³/mol. The second-order valence-corrected chi connectivity index (χ2v) is 7.80. The lowest BCUT2D eigenvalue weighted by Gasteiger charge is -2.24. The van der Waals surface area contributed by atoms with Crippen molar-refractivity contribution in [3.63, 3.8) is 0 Å². The summed E-state index contributed by atoms with van der Waals surface area (Å²) in [4.78, 5) is 4.52. The van der Waals surface area contributed by atoms with Gasteiger partial charge in [-0.05, 0) is 38.0 Å². The van der Waals surface area contributed by atoms with E-state index in [0.29, 0.717) is 12.8 Å². The first-order valence-electron chi connectivity index (χ1n) is 6.85. The van der Waals surface area contributed by atoms with E-state index in [1.54, 1.807) is 0 Å². The fourth-order valence-electron chi connectivity index (χ4n) is 2.68. The number of imidazole rings is 1. The molecule has 1 aromatic heterocycles. The number of hydrogen-bond donors (Lipinski definition) is 1. The van der Waals surface area contributed by atoms with Crippen molar-refractivity contribution in [3.05, 3.63) is 24.0 Å². The molecule has 2 aromatic rings. The van der Waals surface area contributed by atoms with Crippen molar-refractivity contribution >= 4 is 26.6 Å². The number of hydrogen-bond acceptors (Lipinski definition) is 4. The summed E-state index contributed by atoms with van der Waals surface area (Å²) < 4.78 is 24.9. The zero-order chi connectivity index (χ0) is 14.3. The van der Waals surface area contributed by atoms with Gasteiger partial charge in [0.25, 0.3) is 0 Å². The van der Waals surface area contributed by atoms with Crippen molar-refractivity contribution in [1.82, 2.24) is 9.55 Å². The Morgan fingerprint density at radius 3 is 2.70 bits per heavy atom. The fraction of sp³-hybridized carbons (Fsp3) is 0.500. The molecule has 20 heavy (non-hydrogen) atoms. The highest BCUT2D eigenvalue weighted by molar-refractivity contribution is 7.91. The highest BCUT2D eigenvalue weighted by Crippen LogP contribution is 2.22. The van der Waals surface area contributed by atoms with Crippen molar-refractivity contribution in [2.24, 2.45) is 7.05 Å². The van der Waals surface area contributed by atoms with Crippen LogP contribution < -0.4 is 5.32 Å². The molecule has 0 spiro atoms. The molecule has 3 rings (SSSR count). The molecule has 0 amide bonds. The van der Waals surface area contributed by atoms with Gasteiger partial charge in [-0.3, -0.25) is 0 Å². The first-order valence-corrected chi connectivity index (χ1v) is 8.67. The Kier molecular flexibility index (Phi) is 3.20. The Balaban J connectivity index is 1.78. The molecule has 0 unspecified atom stereocenters. The van der Waals surface area contributed by atoms with Gasteiger partial charge in [-0.15, -0.1) is 0 Å². The van der Waals surface area contributed by atoms with Crippen molar-refractivity contribution in [1.29, 1.82) is 0 Å². The van der Waals surface area contributed by atoms with Gasteiger partial charge < -0.3 is 9.88 Å². The van der Waals surface area contributed by atoms with E-state index in [4.69, 9.17) is 0 Å². The van der Waals surface area contributed by atoms with Gasteiger partial charge in [0.1, 0.15) is 15.7 Å². The zero-order valence-electron chi connectivity index (χ0n) is 11.8. The van der Waals surface area contributed by atoms with Crippen molar-refractivity contribution in [2.75, 3.05) is 16.8 Å². The Labute approximate surface area is 118 Å². The lowest BCUT2D eigenvalue weighted by molar-refractivity contribution is 0.559. The van der Waals surface area contributed by atoms with Crippen LogP contribution >= 0.6 is 0 Å². The van der Waals surface area contributed by atoms with Gasteiger partial charge in [-0.1, -0.05) is 0 Å². The molecule has 1 aromatic carbocycles. The van der Waals surface area contributed by atoms with Gasteiger partial charge >= 0.3 is 0 Å². The number of rotatable bonds is 2. The van der Waals surface area contributed by atoms with E-state index >= 15 is 0 Å². The van der Waals surface area contributed by atoms with E-state index in [9.17, 15) is 8.42 Å². The minimum atomic E-state index is -2.80. The molecule has 1 aliphatic rings. The van der Waals surface area contributed by atoms with Crippen LogP contribution in [0.1, 0.15) is 18.7 Å². The molecule has 6 heteroatoms. The molecule has 1 fully saturated rings. The van der Waals surface area contributed by atoms with Crippen LogP contribution in [0.15, 0.2) is 18.2 Å². The summed E-state index contributed by atoms with van der Waals surface area (Å²) in [5.74, 6) is 1.56. The van der Waals surface area contributed by atoms with E-state index < -0.39 is 9.84 Å². The molecule has 0 saturated carbocycles. The van der Waals surface area contributed by atoms with Gasteiger partial charge in [0.05, 0.1) is 22.5 Å². The summed E-state index contributed by atoms with van der Waals surface area (Å²) in [6.45, 7) is 1.99. The Bertz CT molecular complexity index is 735. The van der Waals surface area contributed by atoms with Crippen LogP contribution in [0.4, 0.5) is 5.69 Å². The van der Waals surface area contributed by atoms with Crippen molar-refractivity contribution in [3.8, 4) is 0 Å². The minimum absolute atomic E-state index is 0.237. The lowest BCUT2D eigenvalue weighted by atomic mass is 10.1. The summed E-state index contributed by atoms with van der Waals surface area (Å²) in [7, 11) is -0.797. The first kappa shape index (κ1) is 13.4. The molecule has 0 aliphatic carbocycles. The molecular formula is C14H19N3O2S. The summed E-state index contributed by atoms with van der Waals surface area (Å²) >= 11 is 0. The van der Waals surface area contributed by atoms with Gasteiger partial charge in [-0.25, -0.2) is 13.4 Å². The van der Waals surface area contributed by atoms with Crippen LogP contribution in [0.3, 0.4) is 0 Å². The summed E-state index contributed by atoms with van der Waals surface area (Å²) in [5.41, 5.74) is 3.10. The van der Waals surface area contributed by atoms with Crippen molar-refractivity contribution < 1.29 is 8.42 Å². The lowest BCUT2D eigenvalue weighted by Crippen LogP contribution is -2.32. The van der Waals surface area contributed by atoms with Gasteiger partial charge in [0.2, 0.25) is 0 Å². The van der Waals surface area contributed by atoms with E-state index in [0.717, 1.165) is 22.5 Å². The normalized spacial score (nSPS) is 19.3. The van der Waals surface area contributed by atoms with Crippen LogP contribution in [-0.2, 0) is 16.9 Å². The van der Waals surface area contributed by atoms with E-state index in [2.05, 4.69) is 20.9 Å². The van der Waals surface area contributed by atoms with Crippen LogP contribution in [0.2, 0.25) is 0 Å². The van der Waals surface area contributed by atoms with Crippen LogP contribution in [0.25, 0.3) is 11.0 Å². The maximum absolute atomic E-state index is 11.4. The van der Waals surface area contributed by atoms with Gasteiger partial charge in [0.15, 0.2) is 0 Å². The van der Waals surface area contributed by atoms with Crippen LogP contribution in [0, 0.1) is 6.92 Å². The maximum atomic E-state index is 11.4. The molecule has 1 aliphatic heterocycles. The van der Waals surface area contributed by atoms with Crippen LogP contribution in [0.5, 0.6) is 0 Å². The Hall–Kier alpha value is -1.56.